The first-order valence-electron chi connectivity index (χ1n) is 6.35. The van der Waals surface area contributed by atoms with Crippen molar-refractivity contribution >= 4 is 29.2 Å². The predicted molar refractivity (Wildman–Crippen MR) is 71.1 cm³/mol. The van der Waals surface area contributed by atoms with E-state index in [2.05, 4.69) is 0 Å². The highest BCUT2D eigenvalue weighted by Gasteiger charge is 2.44. The molecule has 1 aliphatic carbocycles. The van der Waals surface area contributed by atoms with Crippen molar-refractivity contribution in [2.24, 2.45) is 5.92 Å². The maximum Gasteiger partial charge on any atom is 0.250 e. The van der Waals surface area contributed by atoms with Crippen LogP contribution in [0.1, 0.15) is 37.2 Å². The van der Waals surface area contributed by atoms with Crippen LogP contribution in [0.2, 0.25) is 10.0 Å². The summed E-state index contributed by atoms with van der Waals surface area (Å²) in [7, 11) is 0. The van der Waals surface area contributed by atoms with Gasteiger partial charge in [-0.25, -0.2) is 8.78 Å². The number of rotatable bonds is 4. The van der Waals surface area contributed by atoms with Crippen molar-refractivity contribution in [1.82, 2.24) is 0 Å². The fourth-order valence-electron chi connectivity index (χ4n) is 2.67. The summed E-state index contributed by atoms with van der Waals surface area (Å²) >= 11 is 11.6. The Kier molecular flexibility index (Phi) is 4.55. The van der Waals surface area contributed by atoms with Crippen LogP contribution < -0.4 is 5.11 Å². The van der Waals surface area contributed by atoms with E-state index in [0.717, 1.165) is 0 Å². The summed E-state index contributed by atoms with van der Waals surface area (Å²) in [5.41, 5.74) is 0.349. The number of carbonyl (C=O) groups is 1. The second kappa shape index (κ2) is 5.86. The van der Waals surface area contributed by atoms with E-state index >= 15 is 0 Å². The summed E-state index contributed by atoms with van der Waals surface area (Å²) in [6, 6.07) is 4.35. The molecule has 0 saturated heterocycles. The van der Waals surface area contributed by atoms with E-state index in [1.165, 1.54) is 18.2 Å². The number of alkyl halides is 2. The molecule has 1 fully saturated rings. The molecule has 1 aromatic rings. The van der Waals surface area contributed by atoms with E-state index in [9.17, 15) is 18.7 Å². The lowest BCUT2D eigenvalue weighted by Crippen LogP contribution is -2.33. The van der Waals surface area contributed by atoms with Crippen LogP contribution in [0, 0.1) is 5.92 Å². The van der Waals surface area contributed by atoms with Gasteiger partial charge in [0.15, 0.2) is 0 Å². The molecule has 1 saturated carbocycles. The normalized spacial score (nSPS) is 22.7. The average Bonchev–Trinajstić information content (AvgIpc) is 2.69. The lowest BCUT2D eigenvalue weighted by Gasteiger charge is -2.26. The SMILES string of the molecule is O=C([O-])C(CC1CCCC1(F)F)c1ccc(Cl)c(Cl)c1. The fraction of sp³-hybridized carbons (Fsp3) is 0.500. The van der Waals surface area contributed by atoms with Crippen LogP contribution in [0.25, 0.3) is 0 Å². The molecule has 0 amide bonds. The Hall–Kier alpha value is -0.870. The average molecular weight is 322 g/mol. The third-order valence-corrected chi connectivity index (χ3v) is 4.55. The molecule has 2 unspecified atom stereocenters. The topological polar surface area (TPSA) is 40.1 Å². The number of halogens is 4. The molecule has 1 aromatic carbocycles. The van der Waals surface area contributed by atoms with Crippen molar-refractivity contribution in [2.75, 3.05) is 0 Å². The molecule has 20 heavy (non-hydrogen) atoms. The first-order valence-corrected chi connectivity index (χ1v) is 7.10. The van der Waals surface area contributed by atoms with Crippen molar-refractivity contribution in [1.29, 1.82) is 0 Å². The second-order valence-corrected chi connectivity index (χ2v) is 5.95. The number of benzene rings is 1. The molecule has 6 heteroatoms. The predicted octanol–water partition coefficient (Wildman–Crippen LogP) is 3.65. The molecule has 1 aliphatic rings. The summed E-state index contributed by atoms with van der Waals surface area (Å²) in [6.45, 7) is 0. The van der Waals surface area contributed by atoms with E-state index in [0.29, 0.717) is 23.4 Å². The van der Waals surface area contributed by atoms with Gasteiger partial charge in [0.1, 0.15) is 0 Å². The molecule has 2 rings (SSSR count). The molecule has 2 atom stereocenters. The lowest BCUT2D eigenvalue weighted by atomic mass is 9.86. The highest BCUT2D eigenvalue weighted by Crippen LogP contribution is 2.45. The van der Waals surface area contributed by atoms with Gasteiger partial charge in [-0.15, -0.1) is 0 Å². The second-order valence-electron chi connectivity index (χ2n) is 5.13. The van der Waals surface area contributed by atoms with Crippen LogP contribution in [0.4, 0.5) is 8.78 Å². The first-order chi connectivity index (χ1) is 9.31. The maximum atomic E-state index is 13.6. The van der Waals surface area contributed by atoms with Crippen LogP contribution in [0.15, 0.2) is 18.2 Å². The lowest BCUT2D eigenvalue weighted by molar-refractivity contribution is -0.308. The monoisotopic (exact) mass is 321 g/mol. The third-order valence-electron chi connectivity index (χ3n) is 3.81. The molecule has 0 radical (unpaired) electrons. The number of carboxylic acid groups (broad SMARTS) is 1. The molecule has 110 valence electrons. The molecule has 0 bridgehead atoms. The van der Waals surface area contributed by atoms with E-state index in [-0.39, 0.29) is 17.9 Å². The molecule has 2 nitrogen and oxygen atoms in total. The van der Waals surface area contributed by atoms with Crippen LogP contribution in [-0.2, 0) is 4.79 Å². The van der Waals surface area contributed by atoms with E-state index in [1.807, 2.05) is 0 Å². The zero-order valence-corrected chi connectivity index (χ0v) is 12.1. The van der Waals surface area contributed by atoms with Crippen LogP contribution >= 0.6 is 23.2 Å². The van der Waals surface area contributed by atoms with Gasteiger partial charge in [-0.3, -0.25) is 0 Å². The zero-order chi connectivity index (χ0) is 14.9. The Morgan fingerprint density at radius 2 is 2.10 bits per heavy atom. The van der Waals surface area contributed by atoms with Crippen molar-refractivity contribution in [3.63, 3.8) is 0 Å². The van der Waals surface area contributed by atoms with Gasteiger partial charge in [0, 0.05) is 24.2 Å². The van der Waals surface area contributed by atoms with Gasteiger partial charge in [0.05, 0.1) is 10.0 Å². The van der Waals surface area contributed by atoms with Gasteiger partial charge < -0.3 is 9.90 Å². The molecule has 0 spiro atoms. The Morgan fingerprint density at radius 3 is 2.60 bits per heavy atom. The summed E-state index contributed by atoms with van der Waals surface area (Å²) in [5.74, 6) is -6.20. The minimum Gasteiger partial charge on any atom is -0.549 e. The van der Waals surface area contributed by atoms with Crippen LogP contribution in [0.3, 0.4) is 0 Å². The standard InChI is InChI=1S/C14H14Cl2F2O2/c15-11-4-3-8(6-12(11)16)10(13(19)20)7-9-2-1-5-14(9,17)18/h3-4,6,9-10H,1-2,5,7H2,(H,19,20)/p-1. The van der Waals surface area contributed by atoms with Gasteiger partial charge in [-0.05, 0) is 37.0 Å². The summed E-state index contributed by atoms with van der Waals surface area (Å²) in [5, 5.41) is 11.8. The summed E-state index contributed by atoms with van der Waals surface area (Å²) < 4.78 is 27.3. The van der Waals surface area contributed by atoms with E-state index in [4.69, 9.17) is 23.2 Å². The van der Waals surface area contributed by atoms with Gasteiger partial charge in [0.25, 0.3) is 5.92 Å². The zero-order valence-electron chi connectivity index (χ0n) is 10.5. The van der Waals surface area contributed by atoms with E-state index in [1.54, 1.807) is 0 Å². The highest BCUT2D eigenvalue weighted by atomic mass is 35.5. The number of hydrogen-bond acceptors (Lipinski definition) is 2. The van der Waals surface area contributed by atoms with Crippen molar-refractivity contribution in [3.8, 4) is 0 Å². The van der Waals surface area contributed by atoms with Crippen LogP contribution in [0.5, 0.6) is 0 Å². The quantitative estimate of drug-likeness (QED) is 0.849. The smallest absolute Gasteiger partial charge is 0.250 e. The molecular weight excluding hydrogens is 309 g/mol. The number of carbonyl (C=O) groups excluding carboxylic acids is 1. The molecule has 0 N–H and O–H groups in total. The molecule has 0 heterocycles. The first kappa shape index (κ1) is 15.5. The Labute approximate surface area is 125 Å². The fourth-order valence-corrected chi connectivity index (χ4v) is 2.98. The van der Waals surface area contributed by atoms with Gasteiger partial charge in [-0.2, -0.15) is 0 Å². The summed E-state index contributed by atoms with van der Waals surface area (Å²) in [4.78, 5) is 11.3. The number of aliphatic carboxylic acids is 1. The van der Waals surface area contributed by atoms with Crippen molar-refractivity contribution < 1.29 is 18.7 Å². The molecule has 0 aliphatic heterocycles. The minimum atomic E-state index is -2.80. The number of carboxylic acids is 1. The largest absolute Gasteiger partial charge is 0.549 e. The Balaban J connectivity index is 2.23. The van der Waals surface area contributed by atoms with Crippen LogP contribution in [-0.4, -0.2) is 11.9 Å². The number of hydrogen-bond donors (Lipinski definition) is 0. The van der Waals surface area contributed by atoms with Crippen molar-refractivity contribution in [2.45, 2.75) is 37.5 Å². The maximum absolute atomic E-state index is 13.6. The minimum absolute atomic E-state index is 0.146. The summed E-state index contributed by atoms with van der Waals surface area (Å²) in [6.07, 6.45) is 0.420. The van der Waals surface area contributed by atoms with E-state index < -0.39 is 23.7 Å². The Bertz CT molecular complexity index is 520. The highest BCUT2D eigenvalue weighted by molar-refractivity contribution is 6.42. The van der Waals surface area contributed by atoms with Gasteiger partial charge in [-0.1, -0.05) is 29.3 Å². The molecular formula is C14H13Cl2F2O2-. The van der Waals surface area contributed by atoms with Gasteiger partial charge >= 0.3 is 0 Å². The molecule has 0 aromatic heterocycles. The Morgan fingerprint density at radius 1 is 1.40 bits per heavy atom. The van der Waals surface area contributed by atoms with Gasteiger partial charge in [0.2, 0.25) is 0 Å². The van der Waals surface area contributed by atoms with Crippen molar-refractivity contribution in [3.05, 3.63) is 33.8 Å². The third kappa shape index (κ3) is 3.23.